The average Bonchev–Trinajstić information content (AvgIpc) is 2.67. The molecule has 0 radical (unpaired) electrons. The number of hydrogen-bond donors (Lipinski definition) is 1. The molecule has 1 aliphatic carbocycles. The Morgan fingerprint density at radius 3 is 2.33 bits per heavy atom. The minimum absolute atomic E-state index is 0.165. The van der Waals surface area contributed by atoms with E-state index in [9.17, 15) is 4.39 Å². The van der Waals surface area contributed by atoms with E-state index in [2.05, 4.69) is 44.9 Å². The molecule has 1 aromatic heterocycles. The van der Waals surface area contributed by atoms with Crippen LogP contribution in [0.3, 0.4) is 0 Å². The van der Waals surface area contributed by atoms with Gasteiger partial charge in [0, 0.05) is 6.04 Å². The first-order chi connectivity index (χ1) is 8.26. The summed E-state index contributed by atoms with van der Waals surface area (Å²) in [5, 5.41) is 3.51. The maximum absolute atomic E-state index is 12.8. The van der Waals surface area contributed by atoms with Crippen molar-refractivity contribution in [2.24, 2.45) is 16.7 Å². The number of nitrogens with zero attached hydrogens (tertiary/aromatic N) is 1. The summed E-state index contributed by atoms with van der Waals surface area (Å²) in [5.41, 5.74) is 1.69. The third-order valence-electron chi connectivity index (χ3n) is 5.14. The summed E-state index contributed by atoms with van der Waals surface area (Å²) in [6, 6.07) is 3.37. The topological polar surface area (TPSA) is 24.9 Å². The Balaban J connectivity index is 1.90. The third-order valence-corrected chi connectivity index (χ3v) is 5.14. The van der Waals surface area contributed by atoms with Crippen molar-refractivity contribution >= 4 is 0 Å². The van der Waals surface area contributed by atoms with Crippen molar-refractivity contribution < 1.29 is 4.39 Å². The highest BCUT2D eigenvalue weighted by atomic mass is 19.1. The number of halogens is 1. The molecule has 0 aliphatic heterocycles. The molecule has 2 nitrogen and oxygen atoms in total. The highest BCUT2D eigenvalue weighted by Gasteiger charge is 2.63. The van der Waals surface area contributed by atoms with Gasteiger partial charge in [0.05, 0.1) is 11.9 Å². The summed E-state index contributed by atoms with van der Waals surface area (Å²) in [6.45, 7) is 12.3. The molecule has 1 aromatic rings. The highest BCUT2D eigenvalue weighted by molar-refractivity contribution is 5.14. The molecule has 0 spiro atoms. The smallest absolute Gasteiger partial charge is 0.141 e. The molecular formula is C15H23FN2. The minimum atomic E-state index is -0.282. The summed E-state index contributed by atoms with van der Waals surface area (Å²) in [5.74, 6) is 0.406. The van der Waals surface area contributed by atoms with Gasteiger partial charge in [-0.1, -0.05) is 27.7 Å². The summed E-state index contributed by atoms with van der Waals surface area (Å²) in [4.78, 5) is 4.11. The van der Waals surface area contributed by atoms with Gasteiger partial charge < -0.3 is 5.32 Å². The Labute approximate surface area is 109 Å². The van der Waals surface area contributed by atoms with Gasteiger partial charge in [0.25, 0.3) is 0 Å². The monoisotopic (exact) mass is 250 g/mol. The van der Waals surface area contributed by atoms with Crippen molar-refractivity contribution in [3.63, 3.8) is 0 Å². The van der Waals surface area contributed by atoms with Gasteiger partial charge >= 0.3 is 0 Å². The SMILES string of the molecule is CC(NCC1C(C)(C)C1(C)C)c1ccc(F)cn1. The van der Waals surface area contributed by atoms with E-state index >= 15 is 0 Å². The fourth-order valence-corrected chi connectivity index (χ4v) is 2.89. The van der Waals surface area contributed by atoms with Gasteiger partial charge in [0.2, 0.25) is 0 Å². The van der Waals surface area contributed by atoms with E-state index in [0.29, 0.717) is 16.7 Å². The lowest BCUT2D eigenvalue weighted by Crippen LogP contribution is -2.23. The van der Waals surface area contributed by atoms with Crippen LogP contribution in [-0.2, 0) is 0 Å². The lowest BCUT2D eigenvalue weighted by atomic mass is 10.0. The van der Waals surface area contributed by atoms with Gasteiger partial charge in [-0.15, -0.1) is 0 Å². The Bertz CT molecular complexity index is 409. The molecule has 18 heavy (non-hydrogen) atoms. The molecule has 2 rings (SSSR count). The van der Waals surface area contributed by atoms with E-state index in [1.807, 2.05) is 0 Å². The van der Waals surface area contributed by atoms with Crippen LogP contribution in [-0.4, -0.2) is 11.5 Å². The van der Waals surface area contributed by atoms with Crippen molar-refractivity contribution in [1.29, 1.82) is 0 Å². The number of hydrogen-bond acceptors (Lipinski definition) is 2. The molecule has 0 saturated heterocycles. The van der Waals surface area contributed by atoms with Crippen LogP contribution in [0.5, 0.6) is 0 Å². The van der Waals surface area contributed by atoms with Crippen LogP contribution in [0.4, 0.5) is 4.39 Å². The lowest BCUT2D eigenvalue weighted by molar-refractivity contribution is 0.457. The number of rotatable bonds is 4. The summed E-state index contributed by atoms with van der Waals surface area (Å²) in [7, 11) is 0. The van der Waals surface area contributed by atoms with Crippen LogP contribution in [0.2, 0.25) is 0 Å². The summed E-state index contributed by atoms with van der Waals surface area (Å²) < 4.78 is 12.8. The fraction of sp³-hybridized carbons (Fsp3) is 0.667. The fourth-order valence-electron chi connectivity index (χ4n) is 2.89. The van der Waals surface area contributed by atoms with Gasteiger partial charge in [-0.2, -0.15) is 0 Å². The third kappa shape index (κ3) is 2.16. The van der Waals surface area contributed by atoms with E-state index < -0.39 is 0 Å². The van der Waals surface area contributed by atoms with Crippen LogP contribution in [0.15, 0.2) is 18.3 Å². The van der Waals surface area contributed by atoms with E-state index in [4.69, 9.17) is 0 Å². The van der Waals surface area contributed by atoms with Gasteiger partial charge in [-0.3, -0.25) is 4.98 Å². The van der Waals surface area contributed by atoms with Gasteiger partial charge in [0.1, 0.15) is 5.82 Å². The summed E-state index contributed by atoms with van der Waals surface area (Å²) >= 11 is 0. The molecule has 1 unspecified atom stereocenters. The lowest BCUT2D eigenvalue weighted by Gasteiger charge is -2.14. The first-order valence-corrected chi connectivity index (χ1v) is 6.61. The van der Waals surface area contributed by atoms with Gasteiger partial charge in [-0.05, 0) is 42.3 Å². The molecule has 1 heterocycles. The molecular weight excluding hydrogens is 227 g/mol. The van der Waals surface area contributed by atoms with Crippen LogP contribution < -0.4 is 5.32 Å². The Morgan fingerprint density at radius 2 is 1.89 bits per heavy atom. The second kappa shape index (κ2) is 4.30. The maximum Gasteiger partial charge on any atom is 0.141 e. The van der Waals surface area contributed by atoms with Crippen LogP contribution >= 0.6 is 0 Å². The molecule has 0 aromatic carbocycles. The first-order valence-electron chi connectivity index (χ1n) is 6.61. The quantitative estimate of drug-likeness (QED) is 0.884. The van der Waals surface area contributed by atoms with Crippen molar-refractivity contribution in [3.05, 3.63) is 29.8 Å². The second-order valence-corrected chi connectivity index (χ2v) is 6.53. The number of aromatic nitrogens is 1. The predicted octanol–water partition coefficient (Wildman–Crippen LogP) is 3.55. The van der Waals surface area contributed by atoms with Gasteiger partial charge in [0.15, 0.2) is 0 Å². The highest BCUT2D eigenvalue weighted by Crippen LogP contribution is 2.68. The average molecular weight is 250 g/mol. The van der Waals surface area contributed by atoms with Gasteiger partial charge in [-0.25, -0.2) is 4.39 Å². The van der Waals surface area contributed by atoms with E-state index in [-0.39, 0.29) is 11.9 Å². The molecule has 1 saturated carbocycles. The predicted molar refractivity (Wildman–Crippen MR) is 71.7 cm³/mol. The van der Waals surface area contributed by atoms with E-state index in [1.165, 1.54) is 12.3 Å². The zero-order valence-corrected chi connectivity index (χ0v) is 11.9. The standard InChI is InChI=1S/C15H23FN2/c1-10(12-7-6-11(16)8-18-12)17-9-13-14(2,3)15(13,4)5/h6-8,10,13,17H,9H2,1-5H3. The molecule has 100 valence electrons. The van der Waals surface area contributed by atoms with E-state index in [0.717, 1.165) is 12.2 Å². The van der Waals surface area contributed by atoms with Crippen molar-refractivity contribution in [3.8, 4) is 0 Å². The van der Waals surface area contributed by atoms with Crippen molar-refractivity contribution in [2.45, 2.75) is 40.7 Å². The zero-order valence-electron chi connectivity index (χ0n) is 11.9. The molecule has 1 fully saturated rings. The minimum Gasteiger partial charge on any atom is -0.309 e. The largest absolute Gasteiger partial charge is 0.309 e. The Morgan fingerprint density at radius 1 is 1.28 bits per heavy atom. The van der Waals surface area contributed by atoms with Crippen molar-refractivity contribution in [2.75, 3.05) is 6.54 Å². The number of nitrogens with one attached hydrogen (secondary N) is 1. The molecule has 0 bridgehead atoms. The zero-order chi connectivity index (χ0) is 13.6. The molecule has 0 amide bonds. The molecule has 1 aliphatic rings. The van der Waals surface area contributed by atoms with E-state index in [1.54, 1.807) is 6.07 Å². The van der Waals surface area contributed by atoms with Crippen molar-refractivity contribution in [1.82, 2.24) is 10.3 Å². The number of pyridine rings is 1. The molecule has 1 N–H and O–H groups in total. The second-order valence-electron chi connectivity index (χ2n) is 6.53. The van der Waals surface area contributed by atoms with Crippen LogP contribution in [0.25, 0.3) is 0 Å². The maximum atomic E-state index is 12.8. The normalized spacial score (nSPS) is 22.8. The molecule has 1 atom stereocenters. The molecule has 3 heteroatoms. The van der Waals surface area contributed by atoms with Crippen LogP contribution in [0, 0.1) is 22.6 Å². The van der Waals surface area contributed by atoms with Crippen LogP contribution in [0.1, 0.15) is 46.4 Å². The summed E-state index contributed by atoms with van der Waals surface area (Å²) in [6.07, 6.45) is 1.28. The first kappa shape index (κ1) is 13.5. The Hall–Kier alpha value is -0.960. The Kier molecular flexibility index (Phi) is 3.22.